The summed E-state index contributed by atoms with van der Waals surface area (Å²) in [5.41, 5.74) is 1.23. The Kier molecular flexibility index (Phi) is 2.46. The van der Waals surface area contributed by atoms with Gasteiger partial charge in [0, 0.05) is 18.8 Å². The Bertz CT molecular complexity index is 443. The van der Waals surface area contributed by atoms with Crippen molar-refractivity contribution in [1.29, 1.82) is 0 Å². The lowest BCUT2D eigenvalue weighted by atomic mass is 10.2. The van der Waals surface area contributed by atoms with Crippen LogP contribution in [-0.2, 0) is 24.3 Å². The molecule has 0 aliphatic carbocycles. The zero-order valence-corrected chi connectivity index (χ0v) is 9.04. The third-order valence-electron chi connectivity index (χ3n) is 2.94. The second kappa shape index (κ2) is 4.10. The Morgan fingerprint density at radius 3 is 3.00 bits per heavy atom. The van der Waals surface area contributed by atoms with Crippen molar-refractivity contribution in [3.05, 3.63) is 54.1 Å². The quantitative estimate of drug-likeness (QED) is 0.781. The lowest BCUT2D eigenvalue weighted by molar-refractivity contribution is 0.0415. The van der Waals surface area contributed by atoms with E-state index < -0.39 is 0 Å². The van der Waals surface area contributed by atoms with E-state index >= 15 is 0 Å². The predicted octanol–water partition coefficient (Wildman–Crippen LogP) is 2.02. The maximum atomic E-state index is 5.87. The van der Waals surface area contributed by atoms with Crippen LogP contribution in [0.15, 0.2) is 42.7 Å². The molecule has 0 radical (unpaired) electrons. The van der Waals surface area contributed by atoms with Crippen LogP contribution in [0.4, 0.5) is 0 Å². The summed E-state index contributed by atoms with van der Waals surface area (Å²) in [7, 11) is 0. The van der Waals surface area contributed by atoms with Crippen LogP contribution >= 0.6 is 0 Å². The van der Waals surface area contributed by atoms with Gasteiger partial charge in [0.2, 0.25) is 0 Å². The summed E-state index contributed by atoms with van der Waals surface area (Å²) in [5, 5.41) is 0. The molecule has 0 saturated carbocycles. The topological polar surface area (TPSA) is 27.1 Å². The first-order valence-electron chi connectivity index (χ1n) is 5.57. The fourth-order valence-electron chi connectivity index (χ4n) is 2.08. The van der Waals surface area contributed by atoms with Crippen LogP contribution in [0.1, 0.15) is 11.4 Å². The van der Waals surface area contributed by atoms with Gasteiger partial charge in [0.05, 0.1) is 19.3 Å². The molecule has 0 spiro atoms. The molecule has 0 saturated heterocycles. The number of fused-ring (bicyclic) bond motifs is 1. The molecule has 1 aromatic heterocycles. The molecule has 0 bridgehead atoms. The molecular weight excluding hydrogens is 200 g/mol. The van der Waals surface area contributed by atoms with E-state index in [1.165, 1.54) is 5.56 Å². The third-order valence-corrected chi connectivity index (χ3v) is 2.94. The smallest absolute Gasteiger partial charge is 0.111 e. The van der Waals surface area contributed by atoms with Crippen molar-refractivity contribution >= 4 is 0 Å². The summed E-state index contributed by atoms with van der Waals surface area (Å²) in [6, 6.07) is 10.3. The van der Waals surface area contributed by atoms with E-state index in [0.717, 1.165) is 18.8 Å². The van der Waals surface area contributed by atoms with Gasteiger partial charge in [-0.3, -0.25) is 0 Å². The number of benzene rings is 1. The van der Waals surface area contributed by atoms with Crippen molar-refractivity contribution in [3.8, 4) is 0 Å². The van der Waals surface area contributed by atoms with Crippen molar-refractivity contribution < 1.29 is 4.74 Å². The maximum absolute atomic E-state index is 5.87. The van der Waals surface area contributed by atoms with Gasteiger partial charge >= 0.3 is 0 Å². The largest absolute Gasteiger partial charge is 0.371 e. The first-order chi connectivity index (χ1) is 7.92. The first-order valence-corrected chi connectivity index (χ1v) is 5.57. The van der Waals surface area contributed by atoms with Crippen LogP contribution in [0.2, 0.25) is 0 Å². The number of hydrogen-bond donors (Lipinski definition) is 0. The van der Waals surface area contributed by atoms with E-state index in [1.807, 2.05) is 30.6 Å². The summed E-state index contributed by atoms with van der Waals surface area (Å²) >= 11 is 0. The van der Waals surface area contributed by atoms with Gasteiger partial charge in [0.15, 0.2) is 0 Å². The van der Waals surface area contributed by atoms with E-state index in [1.54, 1.807) is 0 Å². The van der Waals surface area contributed by atoms with Crippen LogP contribution < -0.4 is 0 Å². The first kappa shape index (κ1) is 9.60. The molecule has 1 aliphatic rings. The summed E-state index contributed by atoms with van der Waals surface area (Å²) in [6.07, 6.45) is 5.08. The highest BCUT2D eigenvalue weighted by atomic mass is 16.5. The number of aromatic nitrogens is 2. The third kappa shape index (κ3) is 1.86. The van der Waals surface area contributed by atoms with Crippen LogP contribution in [0.25, 0.3) is 0 Å². The fourth-order valence-corrected chi connectivity index (χ4v) is 2.08. The van der Waals surface area contributed by atoms with E-state index in [0.29, 0.717) is 6.61 Å². The van der Waals surface area contributed by atoms with E-state index in [9.17, 15) is 0 Å². The highest BCUT2D eigenvalue weighted by Crippen LogP contribution is 2.16. The molecule has 3 heteroatoms. The summed E-state index contributed by atoms with van der Waals surface area (Å²) in [6.45, 7) is 1.62. The molecule has 0 amide bonds. The van der Waals surface area contributed by atoms with Gasteiger partial charge < -0.3 is 9.30 Å². The zero-order valence-electron chi connectivity index (χ0n) is 9.04. The average molecular weight is 214 g/mol. The maximum Gasteiger partial charge on any atom is 0.111 e. The molecule has 2 aromatic rings. The highest BCUT2D eigenvalue weighted by Gasteiger charge is 2.21. The van der Waals surface area contributed by atoms with Crippen LogP contribution in [-0.4, -0.2) is 15.7 Å². The summed E-state index contributed by atoms with van der Waals surface area (Å²) < 4.78 is 8.03. The molecule has 0 N–H and O–H groups in total. The van der Waals surface area contributed by atoms with Gasteiger partial charge in [-0.2, -0.15) is 0 Å². The standard InChI is InChI=1S/C13H14N2O/c1-2-4-11(5-3-1)10-16-12-8-13-14-6-7-15(13)9-12/h1-7,12H,8-10H2/t12-/m1/s1. The van der Waals surface area contributed by atoms with Crippen LogP contribution in [0, 0.1) is 0 Å². The van der Waals surface area contributed by atoms with Crippen molar-refractivity contribution in [2.75, 3.05) is 0 Å². The minimum Gasteiger partial charge on any atom is -0.371 e. The van der Waals surface area contributed by atoms with E-state index in [4.69, 9.17) is 4.74 Å². The molecular formula is C13H14N2O. The van der Waals surface area contributed by atoms with Crippen LogP contribution in [0.5, 0.6) is 0 Å². The van der Waals surface area contributed by atoms with Crippen LogP contribution in [0.3, 0.4) is 0 Å². The van der Waals surface area contributed by atoms with Gasteiger partial charge in [-0.25, -0.2) is 4.98 Å². The SMILES string of the molecule is c1ccc(CO[C@@H]2Cc3nccn3C2)cc1. The number of nitrogens with zero attached hydrogens (tertiary/aromatic N) is 2. The molecule has 0 unspecified atom stereocenters. The monoisotopic (exact) mass is 214 g/mol. The van der Waals surface area contributed by atoms with Gasteiger partial charge in [-0.1, -0.05) is 30.3 Å². The second-order valence-electron chi connectivity index (χ2n) is 4.12. The van der Waals surface area contributed by atoms with Crippen molar-refractivity contribution in [2.24, 2.45) is 0 Å². The molecule has 1 aliphatic heterocycles. The molecule has 0 fully saturated rings. The number of imidazole rings is 1. The number of ether oxygens (including phenoxy) is 1. The minimum absolute atomic E-state index is 0.281. The van der Waals surface area contributed by atoms with Gasteiger partial charge in [0.25, 0.3) is 0 Å². The summed E-state index contributed by atoms with van der Waals surface area (Å²) in [5.74, 6) is 1.14. The average Bonchev–Trinajstić information content (AvgIpc) is 2.88. The zero-order chi connectivity index (χ0) is 10.8. The predicted molar refractivity (Wildman–Crippen MR) is 61.0 cm³/mol. The van der Waals surface area contributed by atoms with Crippen molar-refractivity contribution in [2.45, 2.75) is 25.7 Å². The molecule has 3 nitrogen and oxygen atoms in total. The van der Waals surface area contributed by atoms with Crippen molar-refractivity contribution in [1.82, 2.24) is 9.55 Å². The Labute approximate surface area is 94.7 Å². The molecule has 82 valence electrons. The minimum atomic E-state index is 0.281. The lowest BCUT2D eigenvalue weighted by Gasteiger charge is -2.10. The Morgan fingerprint density at radius 1 is 1.31 bits per heavy atom. The molecule has 2 heterocycles. The Hall–Kier alpha value is -1.61. The molecule has 1 aromatic carbocycles. The Morgan fingerprint density at radius 2 is 2.19 bits per heavy atom. The molecule has 1 atom stereocenters. The Balaban J connectivity index is 1.57. The fraction of sp³-hybridized carbons (Fsp3) is 0.308. The van der Waals surface area contributed by atoms with Crippen molar-refractivity contribution in [3.63, 3.8) is 0 Å². The lowest BCUT2D eigenvalue weighted by Crippen LogP contribution is -2.14. The number of rotatable bonds is 3. The number of hydrogen-bond acceptors (Lipinski definition) is 2. The normalized spacial score (nSPS) is 18.6. The molecule has 3 rings (SSSR count). The second-order valence-corrected chi connectivity index (χ2v) is 4.12. The van der Waals surface area contributed by atoms with E-state index in [-0.39, 0.29) is 6.10 Å². The van der Waals surface area contributed by atoms with Gasteiger partial charge in [-0.15, -0.1) is 0 Å². The van der Waals surface area contributed by atoms with Gasteiger partial charge in [0.1, 0.15) is 5.82 Å². The van der Waals surface area contributed by atoms with Gasteiger partial charge in [-0.05, 0) is 5.56 Å². The highest BCUT2D eigenvalue weighted by molar-refractivity contribution is 5.13. The molecule has 16 heavy (non-hydrogen) atoms. The van der Waals surface area contributed by atoms with E-state index in [2.05, 4.69) is 21.7 Å². The summed E-state index contributed by atoms with van der Waals surface area (Å²) in [4.78, 5) is 4.28.